The Kier molecular flexibility index (Phi) is 9.75. The summed E-state index contributed by atoms with van der Waals surface area (Å²) in [5.41, 5.74) is 1.96. The van der Waals surface area contributed by atoms with E-state index in [2.05, 4.69) is 27.9 Å². The van der Waals surface area contributed by atoms with Crippen molar-refractivity contribution in [3.8, 4) is 0 Å². The molecule has 3 rings (SSSR count). The Morgan fingerprint density at radius 2 is 1.61 bits per heavy atom. The zero-order chi connectivity index (χ0) is 26.3. The van der Waals surface area contributed by atoms with Crippen molar-refractivity contribution in [3.63, 3.8) is 0 Å². The van der Waals surface area contributed by atoms with Crippen LogP contribution in [0.5, 0.6) is 0 Å². The summed E-state index contributed by atoms with van der Waals surface area (Å²) in [4.78, 5) is 28.3. The van der Waals surface area contributed by atoms with Gasteiger partial charge in [-0.2, -0.15) is 0 Å². The summed E-state index contributed by atoms with van der Waals surface area (Å²) >= 11 is 8.30. The van der Waals surface area contributed by atoms with E-state index in [1.807, 2.05) is 36.4 Å². The van der Waals surface area contributed by atoms with E-state index in [4.69, 9.17) is 11.6 Å². The van der Waals surface area contributed by atoms with E-state index in [0.29, 0.717) is 10.7 Å². The molecule has 0 bridgehead atoms. The zero-order valence-corrected chi connectivity index (χ0v) is 23.6. The Bertz CT molecular complexity index is 1300. The number of amides is 2. The third-order valence-electron chi connectivity index (χ3n) is 5.55. The number of anilines is 1. The molecule has 0 saturated heterocycles. The SMILES string of the molecule is CNC(=O)[C@@H](Cc1ccccc1)N(Cc1cccc(Cl)c1)C(=O)CN(c1ccc(I)cc1)S(C)(=O)=O. The first-order valence-electron chi connectivity index (χ1n) is 11.1. The van der Waals surface area contributed by atoms with E-state index in [-0.39, 0.29) is 18.9 Å². The molecule has 1 N–H and O–H groups in total. The Morgan fingerprint density at radius 1 is 0.972 bits per heavy atom. The minimum Gasteiger partial charge on any atom is -0.357 e. The van der Waals surface area contributed by atoms with Crippen molar-refractivity contribution in [2.24, 2.45) is 0 Å². The van der Waals surface area contributed by atoms with E-state index in [1.165, 1.54) is 11.9 Å². The molecule has 1 atom stereocenters. The van der Waals surface area contributed by atoms with Gasteiger partial charge < -0.3 is 10.2 Å². The summed E-state index contributed by atoms with van der Waals surface area (Å²) in [6.45, 7) is -0.378. The average Bonchev–Trinajstić information content (AvgIpc) is 2.84. The van der Waals surface area contributed by atoms with Crippen molar-refractivity contribution >= 4 is 61.7 Å². The van der Waals surface area contributed by atoms with E-state index in [1.54, 1.807) is 42.5 Å². The normalized spacial score (nSPS) is 12.0. The molecular formula is C26H27ClIN3O4S. The summed E-state index contributed by atoms with van der Waals surface area (Å²) in [5, 5.41) is 3.14. The highest BCUT2D eigenvalue weighted by Crippen LogP contribution is 2.22. The molecule has 3 aromatic rings. The molecule has 0 aliphatic carbocycles. The quantitative estimate of drug-likeness (QED) is 0.339. The van der Waals surface area contributed by atoms with Crippen LogP contribution in [0.1, 0.15) is 11.1 Å². The Hall–Kier alpha value is -2.63. The molecule has 36 heavy (non-hydrogen) atoms. The van der Waals surface area contributed by atoms with Gasteiger partial charge >= 0.3 is 0 Å². The second kappa shape index (κ2) is 12.6. The summed E-state index contributed by atoms with van der Waals surface area (Å²) in [7, 11) is -2.28. The molecule has 0 aromatic heterocycles. The fraction of sp³-hybridized carbons (Fsp3) is 0.231. The maximum Gasteiger partial charge on any atom is 0.244 e. The van der Waals surface area contributed by atoms with Crippen LogP contribution in [0.3, 0.4) is 0 Å². The number of hydrogen-bond donors (Lipinski definition) is 1. The molecular weight excluding hydrogens is 613 g/mol. The second-order valence-corrected chi connectivity index (χ2v) is 11.8. The predicted octanol–water partition coefficient (Wildman–Crippen LogP) is 4.10. The van der Waals surface area contributed by atoms with Crippen molar-refractivity contribution < 1.29 is 18.0 Å². The first kappa shape index (κ1) is 27.9. The minimum atomic E-state index is -3.79. The van der Waals surface area contributed by atoms with Gasteiger partial charge in [0.25, 0.3) is 0 Å². The molecule has 0 saturated carbocycles. The van der Waals surface area contributed by atoms with Crippen molar-refractivity contribution in [2.75, 3.05) is 24.2 Å². The molecule has 0 aliphatic rings. The van der Waals surface area contributed by atoms with Gasteiger partial charge in [0.05, 0.1) is 11.9 Å². The molecule has 3 aromatic carbocycles. The minimum absolute atomic E-state index is 0.0780. The van der Waals surface area contributed by atoms with Crippen LogP contribution in [0.4, 0.5) is 5.69 Å². The number of hydrogen-bond acceptors (Lipinski definition) is 4. The standard InChI is InChI=1S/C26H27ClIN3O4S/c1-29-26(33)24(16-19-7-4-3-5-8-19)30(17-20-9-6-10-21(27)15-20)25(32)18-31(36(2,34)35)23-13-11-22(28)12-14-23/h3-15,24H,16-18H2,1-2H3,(H,29,33)/t24-/m1/s1. The van der Waals surface area contributed by atoms with E-state index in [9.17, 15) is 18.0 Å². The molecule has 10 heteroatoms. The van der Waals surface area contributed by atoms with E-state index >= 15 is 0 Å². The lowest BCUT2D eigenvalue weighted by molar-refractivity contribution is -0.139. The lowest BCUT2D eigenvalue weighted by Gasteiger charge is -2.33. The molecule has 0 heterocycles. The highest BCUT2D eigenvalue weighted by Gasteiger charge is 2.32. The highest BCUT2D eigenvalue weighted by molar-refractivity contribution is 14.1. The molecule has 0 fully saturated rings. The monoisotopic (exact) mass is 639 g/mol. The zero-order valence-electron chi connectivity index (χ0n) is 19.9. The maximum atomic E-state index is 13.8. The first-order valence-corrected chi connectivity index (χ1v) is 14.4. The van der Waals surface area contributed by atoms with Crippen LogP contribution in [0.25, 0.3) is 0 Å². The second-order valence-electron chi connectivity index (χ2n) is 8.22. The molecule has 190 valence electrons. The number of carbonyl (C=O) groups excluding carboxylic acids is 2. The van der Waals surface area contributed by atoms with Crippen LogP contribution >= 0.6 is 34.2 Å². The van der Waals surface area contributed by atoms with Gasteiger partial charge in [-0.05, 0) is 70.1 Å². The van der Waals surface area contributed by atoms with Crippen LogP contribution in [-0.2, 0) is 32.6 Å². The lowest BCUT2D eigenvalue weighted by atomic mass is 10.0. The first-order chi connectivity index (χ1) is 17.1. The van der Waals surface area contributed by atoms with Crippen LogP contribution in [0.2, 0.25) is 5.02 Å². The summed E-state index contributed by atoms with van der Waals surface area (Å²) in [6, 6.07) is 22.3. The number of rotatable bonds is 10. The summed E-state index contributed by atoms with van der Waals surface area (Å²) in [6.07, 6.45) is 1.31. The molecule has 2 amide bonds. The maximum absolute atomic E-state index is 13.8. The van der Waals surface area contributed by atoms with E-state index in [0.717, 1.165) is 25.3 Å². The summed E-state index contributed by atoms with van der Waals surface area (Å²) < 4.78 is 27.4. The fourth-order valence-corrected chi connectivity index (χ4v) is 5.20. The molecule has 0 unspecified atom stereocenters. The smallest absolute Gasteiger partial charge is 0.244 e. The number of benzene rings is 3. The number of sulfonamides is 1. The van der Waals surface area contributed by atoms with E-state index < -0.39 is 28.5 Å². The van der Waals surface area contributed by atoms with Crippen LogP contribution < -0.4 is 9.62 Å². The van der Waals surface area contributed by atoms with Gasteiger partial charge in [-0.3, -0.25) is 13.9 Å². The lowest BCUT2D eigenvalue weighted by Crippen LogP contribution is -2.52. The van der Waals surface area contributed by atoms with Crippen molar-refractivity contribution in [1.29, 1.82) is 0 Å². The van der Waals surface area contributed by atoms with Crippen LogP contribution in [0.15, 0.2) is 78.9 Å². The van der Waals surface area contributed by atoms with Crippen LogP contribution in [-0.4, -0.2) is 51.0 Å². The number of carbonyl (C=O) groups is 2. The van der Waals surface area contributed by atoms with Gasteiger partial charge in [0.15, 0.2) is 0 Å². The van der Waals surface area contributed by atoms with Gasteiger partial charge in [0.1, 0.15) is 12.6 Å². The third-order valence-corrected chi connectivity index (χ3v) is 7.65. The van der Waals surface area contributed by atoms with Gasteiger partial charge in [0.2, 0.25) is 21.8 Å². The predicted molar refractivity (Wildman–Crippen MR) is 151 cm³/mol. The van der Waals surface area contributed by atoms with Crippen LogP contribution in [0, 0.1) is 3.57 Å². The molecule has 7 nitrogen and oxygen atoms in total. The molecule has 0 aliphatic heterocycles. The van der Waals surface area contributed by atoms with Crippen molar-refractivity contribution in [1.82, 2.24) is 10.2 Å². The van der Waals surface area contributed by atoms with Gasteiger partial charge in [-0.1, -0.05) is 54.1 Å². The van der Waals surface area contributed by atoms with Crippen molar-refractivity contribution in [3.05, 3.63) is 98.6 Å². The Labute approximate surface area is 230 Å². The summed E-state index contributed by atoms with van der Waals surface area (Å²) in [5.74, 6) is -0.863. The van der Waals surface area contributed by atoms with Crippen molar-refractivity contribution in [2.45, 2.75) is 19.0 Å². The fourth-order valence-electron chi connectivity index (χ4n) is 3.77. The average molecular weight is 640 g/mol. The number of likely N-dealkylation sites (N-methyl/N-ethyl adjacent to an activating group) is 1. The van der Waals surface area contributed by atoms with Gasteiger partial charge in [0, 0.05) is 28.6 Å². The molecule has 0 radical (unpaired) electrons. The molecule has 0 spiro atoms. The Morgan fingerprint density at radius 3 is 2.19 bits per heavy atom. The van der Waals surface area contributed by atoms with Gasteiger partial charge in [-0.25, -0.2) is 8.42 Å². The Balaban J connectivity index is 2.02. The third kappa shape index (κ3) is 7.68. The number of nitrogens with one attached hydrogen (secondary N) is 1. The number of halogens is 2. The largest absolute Gasteiger partial charge is 0.357 e. The highest BCUT2D eigenvalue weighted by atomic mass is 127. The topological polar surface area (TPSA) is 86.8 Å². The number of nitrogens with zero attached hydrogens (tertiary/aromatic N) is 2. The van der Waals surface area contributed by atoms with Gasteiger partial charge in [-0.15, -0.1) is 0 Å².